The lowest BCUT2D eigenvalue weighted by atomic mass is 9.94. The lowest BCUT2D eigenvalue weighted by molar-refractivity contribution is -0.124. The average Bonchev–Trinajstić information content (AvgIpc) is 2.15. The Morgan fingerprint density at radius 3 is 2.29 bits per heavy atom. The van der Waals surface area contributed by atoms with E-state index < -0.39 is 15.1 Å². The smallest absolute Gasteiger partial charge is 0.157 e. The summed E-state index contributed by atoms with van der Waals surface area (Å²) in [5, 5.41) is -0.870. The van der Waals surface area contributed by atoms with Crippen molar-refractivity contribution in [3.8, 4) is 0 Å². The molecule has 14 heavy (non-hydrogen) atoms. The summed E-state index contributed by atoms with van der Waals surface area (Å²) in [7, 11) is -3.24. The summed E-state index contributed by atoms with van der Waals surface area (Å²) in [5.41, 5.74) is 0. The van der Waals surface area contributed by atoms with Crippen molar-refractivity contribution in [1.29, 1.82) is 0 Å². The second kappa shape index (κ2) is 4.40. The number of rotatable bonds is 3. The van der Waals surface area contributed by atoms with Gasteiger partial charge in [-0.2, -0.15) is 0 Å². The van der Waals surface area contributed by atoms with Gasteiger partial charge in [0.1, 0.15) is 5.25 Å². The molecule has 1 saturated heterocycles. The van der Waals surface area contributed by atoms with Crippen LogP contribution in [0.4, 0.5) is 0 Å². The lowest BCUT2D eigenvalue weighted by Gasteiger charge is -2.22. The predicted molar refractivity (Wildman–Crippen MR) is 52.9 cm³/mol. The van der Waals surface area contributed by atoms with E-state index >= 15 is 0 Å². The van der Waals surface area contributed by atoms with E-state index in [0.717, 1.165) is 6.26 Å². The van der Waals surface area contributed by atoms with Crippen LogP contribution in [0.1, 0.15) is 19.8 Å². The Morgan fingerprint density at radius 2 is 1.86 bits per heavy atom. The fraction of sp³-hybridized carbons (Fsp3) is 0.889. The van der Waals surface area contributed by atoms with E-state index in [1.165, 1.54) is 6.92 Å². The number of Topliss-reactive ketones (excluding diaryl/α,β-unsaturated/α-hetero) is 1. The summed E-state index contributed by atoms with van der Waals surface area (Å²) in [5.74, 6) is -0.288. The average molecular weight is 220 g/mol. The van der Waals surface area contributed by atoms with Crippen LogP contribution in [-0.2, 0) is 19.4 Å². The standard InChI is InChI=1S/C9H16O4S/c1-7(14(2,11)12)9(10)8-3-5-13-6-4-8/h7-8H,3-6H2,1-2H3. The summed E-state index contributed by atoms with van der Waals surface area (Å²) < 4.78 is 27.4. The second-order valence-corrected chi connectivity index (χ2v) is 6.13. The van der Waals surface area contributed by atoms with Crippen LogP contribution < -0.4 is 0 Å². The molecule has 0 radical (unpaired) electrons. The maximum absolute atomic E-state index is 11.7. The zero-order valence-corrected chi connectivity index (χ0v) is 9.34. The molecule has 0 aliphatic carbocycles. The van der Waals surface area contributed by atoms with Gasteiger partial charge in [-0.3, -0.25) is 4.79 Å². The highest BCUT2D eigenvalue weighted by Gasteiger charge is 2.31. The monoisotopic (exact) mass is 220 g/mol. The van der Waals surface area contributed by atoms with Crippen molar-refractivity contribution in [3.05, 3.63) is 0 Å². The zero-order chi connectivity index (χ0) is 10.8. The van der Waals surface area contributed by atoms with Gasteiger partial charge >= 0.3 is 0 Å². The largest absolute Gasteiger partial charge is 0.381 e. The molecular formula is C9H16O4S. The van der Waals surface area contributed by atoms with Gasteiger partial charge < -0.3 is 4.74 Å². The number of ketones is 1. The highest BCUT2D eigenvalue weighted by Crippen LogP contribution is 2.19. The van der Waals surface area contributed by atoms with Gasteiger partial charge in [-0.05, 0) is 19.8 Å². The van der Waals surface area contributed by atoms with Crippen molar-refractivity contribution < 1.29 is 17.9 Å². The lowest BCUT2D eigenvalue weighted by Crippen LogP contribution is -2.34. The fourth-order valence-corrected chi connectivity index (χ4v) is 2.14. The molecule has 1 aliphatic rings. The van der Waals surface area contributed by atoms with Crippen molar-refractivity contribution in [3.63, 3.8) is 0 Å². The molecule has 0 aromatic carbocycles. The zero-order valence-electron chi connectivity index (χ0n) is 8.52. The Bertz CT molecular complexity index is 301. The Balaban J connectivity index is 2.64. The van der Waals surface area contributed by atoms with Crippen LogP contribution in [0.2, 0.25) is 0 Å². The summed E-state index contributed by atoms with van der Waals surface area (Å²) in [6.07, 6.45) is 2.41. The second-order valence-electron chi connectivity index (χ2n) is 3.76. The Hall–Kier alpha value is -0.420. The number of hydrogen-bond acceptors (Lipinski definition) is 4. The summed E-state index contributed by atoms with van der Waals surface area (Å²) in [6, 6.07) is 0. The fourth-order valence-electron chi connectivity index (χ4n) is 1.53. The minimum absolute atomic E-state index is 0.131. The molecule has 82 valence electrons. The molecule has 0 amide bonds. The molecule has 5 heteroatoms. The van der Waals surface area contributed by atoms with Crippen LogP contribution in [0.25, 0.3) is 0 Å². The SMILES string of the molecule is CC(C(=O)C1CCOCC1)S(C)(=O)=O. The normalized spacial score (nSPS) is 21.9. The predicted octanol–water partition coefficient (Wildman–Crippen LogP) is 0.415. The molecule has 0 spiro atoms. The molecule has 4 nitrogen and oxygen atoms in total. The molecule has 0 aromatic rings. The van der Waals surface area contributed by atoms with Crippen LogP contribution in [0, 0.1) is 5.92 Å². The van der Waals surface area contributed by atoms with Gasteiger partial charge in [0.05, 0.1) is 0 Å². The highest BCUT2D eigenvalue weighted by atomic mass is 32.2. The molecule has 1 rings (SSSR count). The van der Waals surface area contributed by atoms with Gasteiger partial charge in [-0.25, -0.2) is 8.42 Å². The summed E-state index contributed by atoms with van der Waals surface area (Å²) in [6.45, 7) is 2.59. The number of sulfone groups is 1. The molecular weight excluding hydrogens is 204 g/mol. The van der Waals surface area contributed by atoms with Gasteiger partial charge in [0.25, 0.3) is 0 Å². The minimum Gasteiger partial charge on any atom is -0.381 e. The van der Waals surface area contributed by atoms with E-state index in [0.29, 0.717) is 26.1 Å². The minimum atomic E-state index is -3.24. The number of carbonyl (C=O) groups is 1. The van der Waals surface area contributed by atoms with Crippen LogP contribution in [0.15, 0.2) is 0 Å². The van der Waals surface area contributed by atoms with E-state index in [1.54, 1.807) is 0 Å². The number of hydrogen-bond donors (Lipinski definition) is 0. The van der Waals surface area contributed by atoms with E-state index in [4.69, 9.17) is 4.74 Å². The van der Waals surface area contributed by atoms with Crippen molar-refractivity contribution in [1.82, 2.24) is 0 Å². The topological polar surface area (TPSA) is 60.4 Å². The first-order valence-electron chi connectivity index (χ1n) is 4.73. The van der Waals surface area contributed by atoms with Gasteiger partial charge in [0.2, 0.25) is 0 Å². The van der Waals surface area contributed by atoms with Crippen molar-refractivity contribution in [2.24, 2.45) is 5.92 Å². The van der Waals surface area contributed by atoms with Crippen LogP contribution >= 0.6 is 0 Å². The number of carbonyl (C=O) groups excluding carboxylic acids is 1. The molecule has 1 atom stereocenters. The van der Waals surface area contributed by atoms with Crippen molar-refractivity contribution >= 4 is 15.6 Å². The van der Waals surface area contributed by atoms with Gasteiger partial charge in [-0.1, -0.05) is 0 Å². The molecule has 0 bridgehead atoms. The highest BCUT2D eigenvalue weighted by molar-refractivity contribution is 7.92. The maximum atomic E-state index is 11.7. The third kappa shape index (κ3) is 2.78. The first-order chi connectivity index (χ1) is 6.43. The first kappa shape index (κ1) is 11.7. The molecule has 0 saturated carbocycles. The first-order valence-corrected chi connectivity index (χ1v) is 6.68. The third-order valence-electron chi connectivity index (χ3n) is 2.67. The third-order valence-corrected chi connectivity index (χ3v) is 4.18. The van der Waals surface area contributed by atoms with Crippen molar-refractivity contribution in [2.45, 2.75) is 25.0 Å². The van der Waals surface area contributed by atoms with Crippen LogP contribution in [0.3, 0.4) is 0 Å². The molecule has 0 aromatic heterocycles. The Labute approximate surface area is 84.6 Å². The summed E-state index contributed by atoms with van der Waals surface area (Å²) >= 11 is 0. The molecule has 1 unspecified atom stereocenters. The number of ether oxygens (including phenoxy) is 1. The van der Waals surface area contributed by atoms with Gasteiger partial charge in [-0.15, -0.1) is 0 Å². The van der Waals surface area contributed by atoms with Crippen LogP contribution in [-0.4, -0.2) is 38.9 Å². The van der Waals surface area contributed by atoms with Gasteiger partial charge in [0.15, 0.2) is 15.6 Å². The van der Waals surface area contributed by atoms with E-state index in [-0.39, 0.29) is 11.7 Å². The Morgan fingerprint density at radius 1 is 1.36 bits per heavy atom. The molecule has 1 fully saturated rings. The van der Waals surface area contributed by atoms with Crippen LogP contribution in [0.5, 0.6) is 0 Å². The van der Waals surface area contributed by atoms with Gasteiger partial charge in [0, 0.05) is 25.4 Å². The quantitative estimate of drug-likeness (QED) is 0.691. The Kier molecular flexibility index (Phi) is 3.66. The van der Waals surface area contributed by atoms with E-state index in [9.17, 15) is 13.2 Å². The summed E-state index contributed by atoms with van der Waals surface area (Å²) in [4.78, 5) is 11.7. The van der Waals surface area contributed by atoms with E-state index in [2.05, 4.69) is 0 Å². The van der Waals surface area contributed by atoms with E-state index in [1.807, 2.05) is 0 Å². The molecule has 1 aliphatic heterocycles. The molecule has 1 heterocycles. The maximum Gasteiger partial charge on any atom is 0.157 e. The van der Waals surface area contributed by atoms with Crippen molar-refractivity contribution in [2.75, 3.05) is 19.5 Å². The molecule has 0 N–H and O–H groups in total.